The first-order chi connectivity index (χ1) is 13.6. The first-order valence-corrected chi connectivity index (χ1v) is 9.78. The Labute approximate surface area is 168 Å². The van der Waals surface area contributed by atoms with Crippen LogP contribution in [0, 0.1) is 0 Å². The van der Waals surface area contributed by atoms with E-state index in [4.69, 9.17) is 9.47 Å². The molecule has 148 valence electrons. The summed E-state index contributed by atoms with van der Waals surface area (Å²) in [6, 6.07) is 15.8. The van der Waals surface area contributed by atoms with Gasteiger partial charge in [-0.2, -0.15) is 0 Å². The number of fused-ring (bicyclic) bond motifs is 1. The highest BCUT2D eigenvalue weighted by atomic mass is 32.1. The van der Waals surface area contributed by atoms with Crippen LogP contribution in [0.1, 0.15) is 16.5 Å². The van der Waals surface area contributed by atoms with E-state index in [9.17, 15) is 5.11 Å². The van der Waals surface area contributed by atoms with Gasteiger partial charge in [-0.1, -0.05) is 18.2 Å². The molecule has 2 aromatic carbocycles. The third kappa shape index (κ3) is 4.74. The Hall–Kier alpha value is -2.77. The molecule has 0 aliphatic carbocycles. The summed E-state index contributed by atoms with van der Waals surface area (Å²) in [5.74, 6) is 2.10. The van der Waals surface area contributed by atoms with Crippen LogP contribution in [0.5, 0.6) is 11.5 Å². The normalized spacial score (nSPS) is 12.6. The lowest BCUT2D eigenvalue weighted by molar-refractivity contribution is 0.184. The summed E-state index contributed by atoms with van der Waals surface area (Å²) in [6.07, 6.45) is -0.605. The summed E-state index contributed by atoms with van der Waals surface area (Å²) in [6.45, 7) is 0.901. The molecule has 0 aliphatic rings. The highest BCUT2D eigenvalue weighted by Gasteiger charge is 2.12. The van der Waals surface area contributed by atoms with Crippen LogP contribution in [0.2, 0.25) is 0 Å². The van der Waals surface area contributed by atoms with Crippen molar-refractivity contribution in [3.8, 4) is 11.5 Å². The molecule has 3 N–H and O–H groups in total. The number of ether oxygens (including phenoxy) is 2. The second-order valence-electron chi connectivity index (χ2n) is 6.19. The molecule has 0 saturated heterocycles. The van der Waals surface area contributed by atoms with Crippen molar-refractivity contribution < 1.29 is 14.6 Å². The minimum atomic E-state index is -0.605. The summed E-state index contributed by atoms with van der Waals surface area (Å²) in [5.41, 5.74) is 0.983. The fourth-order valence-electron chi connectivity index (χ4n) is 2.86. The molecule has 1 atom stereocenters. The molecule has 0 spiro atoms. The number of aliphatic imine (C=N–C) groups is 1. The maximum Gasteiger partial charge on any atom is 0.191 e. The van der Waals surface area contributed by atoms with Crippen molar-refractivity contribution in [2.45, 2.75) is 12.6 Å². The predicted octanol–water partition coefficient (Wildman–Crippen LogP) is 3.32. The lowest BCUT2D eigenvalue weighted by Crippen LogP contribution is -2.38. The van der Waals surface area contributed by atoms with Crippen LogP contribution >= 0.6 is 11.3 Å². The van der Waals surface area contributed by atoms with Crippen LogP contribution in [0.3, 0.4) is 0 Å². The van der Waals surface area contributed by atoms with Crippen LogP contribution in [0.15, 0.2) is 53.5 Å². The van der Waals surface area contributed by atoms with Crippen LogP contribution < -0.4 is 20.1 Å². The molecule has 0 amide bonds. The van der Waals surface area contributed by atoms with E-state index < -0.39 is 6.10 Å². The number of rotatable bonds is 7. The zero-order chi connectivity index (χ0) is 19.9. The van der Waals surface area contributed by atoms with Gasteiger partial charge in [-0.25, -0.2) is 0 Å². The molecule has 0 aliphatic heterocycles. The van der Waals surface area contributed by atoms with Crippen LogP contribution in [-0.2, 0) is 6.54 Å². The molecule has 0 saturated carbocycles. The monoisotopic (exact) mass is 399 g/mol. The highest BCUT2D eigenvalue weighted by Crippen LogP contribution is 2.29. The smallest absolute Gasteiger partial charge is 0.191 e. The number of hydrogen-bond acceptors (Lipinski definition) is 5. The number of thiophene rings is 1. The maximum absolute atomic E-state index is 10.5. The van der Waals surface area contributed by atoms with Crippen LogP contribution in [0.25, 0.3) is 10.1 Å². The summed E-state index contributed by atoms with van der Waals surface area (Å²) < 4.78 is 11.8. The van der Waals surface area contributed by atoms with Gasteiger partial charge < -0.3 is 25.2 Å². The van der Waals surface area contributed by atoms with Crippen LogP contribution in [0.4, 0.5) is 0 Å². The summed E-state index contributed by atoms with van der Waals surface area (Å²) in [5, 5.41) is 18.1. The number of hydrogen-bond donors (Lipinski definition) is 3. The van der Waals surface area contributed by atoms with E-state index in [1.165, 1.54) is 4.70 Å². The van der Waals surface area contributed by atoms with E-state index in [1.807, 2.05) is 36.4 Å². The van der Waals surface area contributed by atoms with Crippen molar-refractivity contribution in [1.29, 1.82) is 0 Å². The van der Waals surface area contributed by atoms with Crippen molar-refractivity contribution >= 4 is 27.4 Å². The highest BCUT2D eigenvalue weighted by molar-refractivity contribution is 7.19. The van der Waals surface area contributed by atoms with Gasteiger partial charge in [0, 0.05) is 41.3 Å². The third-order valence-corrected chi connectivity index (χ3v) is 5.62. The number of methoxy groups -OCH3 is 2. The molecule has 6 nitrogen and oxygen atoms in total. The summed E-state index contributed by atoms with van der Waals surface area (Å²) in [7, 11) is 4.96. The van der Waals surface area contributed by atoms with Crippen molar-refractivity contribution in [3.63, 3.8) is 0 Å². The fraction of sp³-hybridized carbons (Fsp3) is 0.286. The number of benzene rings is 2. The first kappa shape index (κ1) is 20.0. The van der Waals surface area contributed by atoms with Gasteiger partial charge in [0.1, 0.15) is 17.6 Å². The molecule has 28 heavy (non-hydrogen) atoms. The summed E-state index contributed by atoms with van der Waals surface area (Å²) >= 11 is 1.60. The Kier molecular flexibility index (Phi) is 6.73. The van der Waals surface area contributed by atoms with E-state index in [0.717, 1.165) is 27.3 Å². The van der Waals surface area contributed by atoms with E-state index in [0.29, 0.717) is 19.0 Å². The molecule has 1 aromatic heterocycles. The molecular weight excluding hydrogens is 374 g/mol. The molecule has 1 unspecified atom stereocenters. The van der Waals surface area contributed by atoms with Crippen molar-refractivity contribution in [1.82, 2.24) is 10.6 Å². The number of nitrogens with zero attached hydrogens (tertiary/aromatic N) is 1. The molecule has 0 fully saturated rings. The standard InChI is InChI=1S/C21H25N3O3S/c1-22-21(23-12-15-8-9-16(26-2)11-18(15)27-3)24-13-17(25)20-10-14-6-4-5-7-19(14)28-20/h4-11,17,25H,12-13H2,1-3H3,(H2,22,23,24). The topological polar surface area (TPSA) is 75.1 Å². The predicted molar refractivity (Wildman–Crippen MR) is 115 cm³/mol. The van der Waals surface area contributed by atoms with Gasteiger partial charge in [-0.05, 0) is 29.7 Å². The van der Waals surface area contributed by atoms with Gasteiger partial charge in [0.25, 0.3) is 0 Å². The zero-order valence-corrected chi connectivity index (χ0v) is 17.0. The van der Waals surface area contributed by atoms with Crippen molar-refractivity contribution in [2.24, 2.45) is 4.99 Å². The van der Waals surface area contributed by atoms with E-state index in [1.54, 1.807) is 32.6 Å². The second kappa shape index (κ2) is 9.43. The number of nitrogens with one attached hydrogen (secondary N) is 2. The largest absolute Gasteiger partial charge is 0.497 e. The second-order valence-corrected chi connectivity index (χ2v) is 7.30. The number of guanidine groups is 1. The lowest BCUT2D eigenvalue weighted by atomic mass is 10.2. The number of aliphatic hydroxyl groups is 1. The van der Waals surface area contributed by atoms with Gasteiger partial charge in [0.05, 0.1) is 14.2 Å². The van der Waals surface area contributed by atoms with Gasteiger partial charge in [-0.3, -0.25) is 4.99 Å². The lowest BCUT2D eigenvalue weighted by Gasteiger charge is -2.16. The minimum absolute atomic E-state index is 0.367. The minimum Gasteiger partial charge on any atom is -0.497 e. The van der Waals surface area contributed by atoms with Gasteiger partial charge >= 0.3 is 0 Å². The average Bonchev–Trinajstić information content (AvgIpc) is 3.18. The molecule has 3 aromatic rings. The summed E-state index contributed by atoms with van der Waals surface area (Å²) in [4.78, 5) is 5.15. The Morgan fingerprint density at radius 2 is 1.93 bits per heavy atom. The molecule has 0 bridgehead atoms. The molecule has 7 heteroatoms. The van der Waals surface area contributed by atoms with E-state index in [2.05, 4.69) is 27.8 Å². The SMILES string of the molecule is CN=C(NCc1ccc(OC)cc1OC)NCC(O)c1cc2ccccc2s1. The third-order valence-electron chi connectivity index (χ3n) is 4.40. The zero-order valence-electron chi connectivity index (χ0n) is 16.2. The molecule has 0 radical (unpaired) electrons. The van der Waals surface area contributed by atoms with Crippen molar-refractivity contribution in [3.05, 3.63) is 59.0 Å². The van der Waals surface area contributed by atoms with Crippen molar-refractivity contribution in [2.75, 3.05) is 27.8 Å². The van der Waals surface area contributed by atoms with Gasteiger partial charge in [-0.15, -0.1) is 11.3 Å². The first-order valence-electron chi connectivity index (χ1n) is 8.96. The Bertz CT molecular complexity index is 922. The molecule has 3 rings (SSSR count). The fourth-order valence-corrected chi connectivity index (χ4v) is 3.91. The maximum atomic E-state index is 10.5. The van der Waals surface area contributed by atoms with Gasteiger partial charge in [0.15, 0.2) is 5.96 Å². The van der Waals surface area contributed by atoms with Gasteiger partial charge in [0.2, 0.25) is 0 Å². The number of aliphatic hydroxyl groups excluding tert-OH is 1. The Morgan fingerprint density at radius 3 is 2.64 bits per heavy atom. The Balaban J connectivity index is 1.57. The molecule has 1 heterocycles. The molecular formula is C21H25N3O3S. The van der Waals surface area contributed by atoms with Crippen LogP contribution in [-0.4, -0.2) is 38.9 Å². The van der Waals surface area contributed by atoms with E-state index >= 15 is 0 Å². The quantitative estimate of drug-likeness (QED) is 0.420. The van der Waals surface area contributed by atoms with E-state index in [-0.39, 0.29) is 0 Å². The Morgan fingerprint density at radius 1 is 1.11 bits per heavy atom. The average molecular weight is 400 g/mol.